The van der Waals surface area contributed by atoms with E-state index in [1.54, 1.807) is 11.8 Å². The van der Waals surface area contributed by atoms with E-state index in [9.17, 15) is 43.2 Å². The van der Waals surface area contributed by atoms with E-state index >= 15 is 14.4 Å². The zero-order chi connectivity index (χ0) is 69.8. The number of nitrogens with one attached hydrogen (secondary N) is 5. The van der Waals surface area contributed by atoms with Gasteiger partial charge in [0.15, 0.2) is 0 Å². The number of likely N-dealkylation sites (tertiary alicyclic amines) is 1. The number of carbonyl (C=O) groups is 12. The van der Waals surface area contributed by atoms with Crippen LogP contribution in [0.25, 0.3) is 0 Å². The summed E-state index contributed by atoms with van der Waals surface area (Å²) in [5.74, 6) is -8.36. The van der Waals surface area contributed by atoms with Gasteiger partial charge in [0.05, 0.1) is 26.1 Å². The predicted molar refractivity (Wildman–Crippen MR) is 360 cm³/mol. The van der Waals surface area contributed by atoms with E-state index < -0.39 is 151 Å². The number of nitrogens with zero attached hydrogens (tertiary/aromatic N) is 7. The molecule has 12 amide bonds. The molecule has 26 heteroatoms. The Labute approximate surface area is 569 Å². The molecule has 5 fully saturated rings. The molecule has 3 aliphatic carbocycles. The normalized spacial score (nSPS) is 30.3. The average Bonchev–Trinajstić information content (AvgIpc) is 1.07. The Morgan fingerprint density at radius 3 is 1.64 bits per heavy atom. The SMILES string of the molecule is CC[C@H](C)[C@@H]1NC(=O)[C@H](C)N(C)C(=O)C[C@@H](C(=O)N2CCCC2)NC(=O)[C@H](CC(C)C)NC(=O)[C@H](CC2CCCCC2)N(C)C(=O)[C@H](CC(C)C)NC(=O)[C@H](CC2CCCC(Cl)C2)NC(=O)CN(C)C(=O)[C@H](CC2CCC(Cl)CC2)N(C)C(=O)CN(C)C(=O)CN(C)C1=O. The van der Waals surface area contributed by atoms with Crippen molar-refractivity contribution in [3.8, 4) is 0 Å². The van der Waals surface area contributed by atoms with Crippen LogP contribution in [0.1, 0.15) is 190 Å². The van der Waals surface area contributed by atoms with Crippen LogP contribution in [0, 0.1) is 35.5 Å². The first-order valence-corrected chi connectivity index (χ1v) is 35.8. The van der Waals surface area contributed by atoms with E-state index in [2.05, 4.69) is 26.6 Å². The number of hydrogen-bond acceptors (Lipinski definition) is 12. The summed E-state index contributed by atoms with van der Waals surface area (Å²) in [7, 11) is 8.62. The van der Waals surface area contributed by atoms with Crippen molar-refractivity contribution in [3.05, 3.63) is 0 Å². The van der Waals surface area contributed by atoms with Gasteiger partial charge in [-0.25, -0.2) is 0 Å². The number of rotatable bonds is 13. The lowest BCUT2D eigenvalue weighted by Gasteiger charge is -2.36. The Bertz CT molecular complexity index is 2610. The molecule has 5 N–H and O–H groups in total. The quantitative estimate of drug-likeness (QED) is 0.156. The van der Waals surface area contributed by atoms with Gasteiger partial charge in [-0.15, -0.1) is 23.2 Å². The molecule has 5 aliphatic rings. The molecule has 94 heavy (non-hydrogen) atoms. The summed E-state index contributed by atoms with van der Waals surface area (Å²) < 4.78 is 0. The smallest absolute Gasteiger partial charge is 0.245 e. The van der Waals surface area contributed by atoms with Crippen LogP contribution in [0.3, 0.4) is 0 Å². The first-order valence-electron chi connectivity index (χ1n) is 34.9. The van der Waals surface area contributed by atoms with Crippen LogP contribution in [0.5, 0.6) is 0 Å². The Morgan fingerprint density at radius 2 is 1.03 bits per heavy atom. The molecule has 0 aromatic heterocycles. The molecule has 0 radical (unpaired) electrons. The van der Waals surface area contributed by atoms with Gasteiger partial charge in [0.1, 0.15) is 48.3 Å². The maximum absolute atomic E-state index is 15.3. The van der Waals surface area contributed by atoms with Crippen LogP contribution >= 0.6 is 23.2 Å². The highest BCUT2D eigenvalue weighted by Crippen LogP contribution is 2.34. The summed E-state index contributed by atoms with van der Waals surface area (Å²) in [6, 6.07) is -9.63. The molecule has 2 unspecified atom stereocenters. The second-order valence-electron chi connectivity index (χ2n) is 28.9. The molecule has 532 valence electrons. The standard InChI is InChI=1S/C68H114Cl2N12O12/c1-14-43(6)60-68(94)78(10)39-58(85)76(8)40-59(86)80(12)55(36-46-25-27-48(69)28-26-46)67(93)77(9)38-56(83)71-51(34-47-23-20-24-49(70)33-47)63(89)73-52(32-42(4)5)65(91)81(13)54(35-45-21-16-15-17-22-45)64(90)72-50(31-41(2)3)62(88)74-53(66(92)82-29-18-19-30-82)37-57(84)79(11)44(7)61(87)75-60/h41-55,60H,14-40H2,1-13H3,(H,71,83)(H,72,90)(H,73,89)(H,74,88)(H,75,87)/t43-,44-,46?,47?,48?,49?,50-,51-,52-,53-,54-,55-,60-/m0/s1. The number of likely N-dealkylation sites (N-methyl/N-ethyl adjacent to an activating group) is 6. The molecule has 5 rings (SSSR count). The Balaban J connectivity index is 1.58. The van der Waals surface area contributed by atoms with Gasteiger partial charge in [0, 0.05) is 66.1 Å². The topological polar surface area (TPSA) is 288 Å². The molecule has 2 saturated heterocycles. The number of alkyl halides is 2. The summed E-state index contributed by atoms with van der Waals surface area (Å²) in [4.78, 5) is 184. The van der Waals surface area contributed by atoms with Crippen molar-refractivity contribution in [3.63, 3.8) is 0 Å². The number of halogens is 2. The van der Waals surface area contributed by atoms with Gasteiger partial charge in [-0.3, -0.25) is 57.5 Å². The molecule has 0 aromatic carbocycles. The molecule has 0 bridgehead atoms. The lowest BCUT2D eigenvalue weighted by Crippen LogP contribution is -2.60. The Morgan fingerprint density at radius 1 is 0.479 bits per heavy atom. The van der Waals surface area contributed by atoms with E-state index in [0.717, 1.165) is 66.1 Å². The van der Waals surface area contributed by atoms with Gasteiger partial charge in [0.2, 0.25) is 70.9 Å². The van der Waals surface area contributed by atoms with Crippen molar-refractivity contribution in [1.29, 1.82) is 0 Å². The first kappa shape index (κ1) is 78.9. The lowest BCUT2D eigenvalue weighted by molar-refractivity contribution is -0.148. The van der Waals surface area contributed by atoms with Crippen molar-refractivity contribution in [2.45, 2.75) is 249 Å². The van der Waals surface area contributed by atoms with Gasteiger partial charge in [-0.2, -0.15) is 0 Å². The summed E-state index contributed by atoms with van der Waals surface area (Å²) in [6.07, 6.45) is 12.4. The molecule has 24 nitrogen and oxygen atoms in total. The third-order valence-electron chi connectivity index (χ3n) is 20.3. The average molecular weight is 1360 g/mol. The van der Waals surface area contributed by atoms with Crippen LogP contribution in [-0.4, -0.2) is 239 Å². The largest absolute Gasteiger partial charge is 0.343 e. The first-order chi connectivity index (χ1) is 44.3. The van der Waals surface area contributed by atoms with E-state index in [1.807, 2.05) is 34.6 Å². The summed E-state index contributed by atoms with van der Waals surface area (Å²) in [6.45, 7) is 11.9. The second-order valence-corrected chi connectivity index (χ2v) is 30.2. The van der Waals surface area contributed by atoms with E-state index in [1.165, 1.54) is 63.9 Å². The molecular formula is C68H114Cl2N12O12. The third kappa shape index (κ3) is 23.5. The highest BCUT2D eigenvalue weighted by Gasteiger charge is 2.42. The molecule has 3 saturated carbocycles. The summed E-state index contributed by atoms with van der Waals surface area (Å²) in [5.41, 5.74) is 0. The van der Waals surface area contributed by atoms with Crippen molar-refractivity contribution >= 4 is 94.1 Å². The molecule has 0 aromatic rings. The maximum atomic E-state index is 15.3. The van der Waals surface area contributed by atoms with Gasteiger partial charge >= 0.3 is 0 Å². The minimum atomic E-state index is -1.42. The zero-order valence-corrected chi connectivity index (χ0v) is 60.1. The fourth-order valence-corrected chi connectivity index (χ4v) is 14.6. The molecule has 2 heterocycles. The number of hydrogen-bond donors (Lipinski definition) is 5. The maximum Gasteiger partial charge on any atom is 0.245 e. The summed E-state index contributed by atoms with van der Waals surface area (Å²) >= 11 is 13.2. The molecule has 11 atom stereocenters. The number of amides is 12. The number of carbonyl (C=O) groups excluding carboxylic acids is 12. The van der Waals surface area contributed by atoms with Crippen LogP contribution in [0.2, 0.25) is 0 Å². The fraction of sp³-hybridized carbons (Fsp3) is 0.824. The second kappa shape index (κ2) is 37.7. The van der Waals surface area contributed by atoms with Crippen molar-refractivity contribution < 1.29 is 57.5 Å². The molecule has 0 spiro atoms. The predicted octanol–water partition coefficient (Wildman–Crippen LogP) is 4.80. The fourth-order valence-electron chi connectivity index (χ4n) is 13.9. The van der Waals surface area contributed by atoms with E-state index in [-0.39, 0.29) is 72.4 Å². The summed E-state index contributed by atoms with van der Waals surface area (Å²) in [5, 5.41) is 14.3. The highest BCUT2D eigenvalue weighted by molar-refractivity contribution is 6.20. The molecular weight excluding hydrogens is 1250 g/mol. The third-order valence-corrected chi connectivity index (χ3v) is 21.2. The lowest BCUT2D eigenvalue weighted by atomic mass is 9.84. The zero-order valence-electron chi connectivity index (χ0n) is 58.6. The van der Waals surface area contributed by atoms with Crippen molar-refractivity contribution in [2.75, 3.05) is 75.0 Å². The van der Waals surface area contributed by atoms with Gasteiger partial charge in [-0.05, 0) is 126 Å². The van der Waals surface area contributed by atoms with Crippen LogP contribution in [0.4, 0.5) is 0 Å². The van der Waals surface area contributed by atoms with Crippen LogP contribution in [-0.2, 0) is 57.5 Å². The van der Waals surface area contributed by atoms with Gasteiger partial charge in [0.25, 0.3) is 0 Å². The minimum Gasteiger partial charge on any atom is -0.343 e. The van der Waals surface area contributed by atoms with E-state index in [0.29, 0.717) is 64.5 Å². The van der Waals surface area contributed by atoms with Gasteiger partial charge < -0.3 is 60.9 Å². The Kier molecular flexibility index (Phi) is 31.6. The van der Waals surface area contributed by atoms with Crippen LogP contribution < -0.4 is 26.6 Å². The minimum absolute atomic E-state index is 0.00754. The Hall–Kier alpha value is -5.78. The monoisotopic (exact) mass is 1360 g/mol. The highest BCUT2D eigenvalue weighted by atomic mass is 35.5. The van der Waals surface area contributed by atoms with Gasteiger partial charge in [-0.1, -0.05) is 92.9 Å². The van der Waals surface area contributed by atoms with Crippen LogP contribution in [0.15, 0.2) is 0 Å². The molecule has 2 aliphatic heterocycles. The van der Waals surface area contributed by atoms with Crippen molar-refractivity contribution in [2.24, 2.45) is 35.5 Å². The van der Waals surface area contributed by atoms with Crippen molar-refractivity contribution in [1.82, 2.24) is 60.9 Å². The van der Waals surface area contributed by atoms with E-state index in [4.69, 9.17) is 23.2 Å².